The van der Waals surface area contributed by atoms with Gasteiger partial charge in [-0.25, -0.2) is 4.98 Å². The molecule has 1 saturated carbocycles. The Morgan fingerprint density at radius 2 is 1.66 bits per heavy atom. The Labute approximate surface area is 306 Å². The molecule has 15 nitrogen and oxygen atoms in total. The van der Waals surface area contributed by atoms with Crippen LogP contribution in [0.2, 0.25) is 0 Å². The van der Waals surface area contributed by atoms with E-state index in [4.69, 9.17) is 18.9 Å². The van der Waals surface area contributed by atoms with Crippen LogP contribution in [0.1, 0.15) is 59.3 Å². The lowest BCUT2D eigenvalue weighted by molar-refractivity contribution is -0.133. The summed E-state index contributed by atoms with van der Waals surface area (Å²) in [4.78, 5) is 80.0. The summed E-state index contributed by atoms with van der Waals surface area (Å²) in [5.74, 6) is 0.442. The van der Waals surface area contributed by atoms with E-state index in [0.29, 0.717) is 65.6 Å². The van der Waals surface area contributed by atoms with Crippen molar-refractivity contribution >= 4 is 29.3 Å². The summed E-state index contributed by atoms with van der Waals surface area (Å²) >= 11 is 0. The number of aryl methyl sites for hydroxylation is 2. The molecule has 282 valence electrons. The van der Waals surface area contributed by atoms with Crippen molar-refractivity contribution in [2.45, 2.75) is 58.0 Å². The zero-order valence-electron chi connectivity index (χ0n) is 30.5. The van der Waals surface area contributed by atoms with Gasteiger partial charge in [-0.05, 0) is 50.5 Å². The van der Waals surface area contributed by atoms with Crippen molar-refractivity contribution in [1.82, 2.24) is 25.1 Å². The molecule has 1 atom stereocenters. The first-order valence-corrected chi connectivity index (χ1v) is 17.5. The minimum atomic E-state index is -0.634. The lowest BCUT2D eigenvalue weighted by Crippen LogP contribution is -2.44. The van der Waals surface area contributed by atoms with E-state index in [0.717, 1.165) is 11.1 Å². The molecule has 2 aromatic carbocycles. The minimum Gasteiger partial charge on any atom is -0.496 e. The second kappa shape index (κ2) is 17.8. The zero-order valence-corrected chi connectivity index (χ0v) is 30.5. The zero-order chi connectivity index (χ0) is 38.1. The summed E-state index contributed by atoms with van der Waals surface area (Å²) in [5.41, 5.74) is 3.43. The van der Waals surface area contributed by atoms with E-state index >= 15 is 0 Å². The van der Waals surface area contributed by atoms with E-state index < -0.39 is 6.04 Å². The lowest BCUT2D eigenvalue weighted by Gasteiger charge is -2.29. The van der Waals surface area contributed by atoms with E-state index in [1.54, 1.807) is 52.6 Å². The van der Waals surface area contributed by atoms with Crippen molar-refractivity contribution in [2.75, 3.05) is 47.1 Å². The quantitative estimate of drug-likeness (QED) is 0.153. The summed E-state index contributed by atoms with van der Waals surface area (Å²) in [6.07, 6.45) is 3.45. The number of amides is 3. The number of rotatable bonds is 17. The Hall–Kier alpha value is -5.57. The average Bonchev–Trinajstić information content (AvgIpc) is 3.48. The largest absolute Gasteiger partial charge is 0.496 e. The van der Waals surface area contributed by atoms with E-state index in [1.165, 1.54) is 9.47 Å². The first-order valence-electron chi connectivity index (χ1n) is 17.5. The smallest absolute Gasteiger partial charge is 0.271 e. The number of benzene rings is 2. The van der Waals surface area contributed by atoms with Crippen LogP contribution >= 0.6 is 0 Å². The van der Waals surface area contributed by atoms with E-state index in [1.807, 2.05) is 12.1 Å². The van der Waals surface area contributed by atoms with Crippen molar-refractivity contribution in [3.8, 4) is 28.5 Å². The van der Waals surface area contributed by atoms with Crippen LogP contribution in [0.15, 0.2) is 41.3 Å². The van der Waals surface area contributed by atoms with E-state index in [-0.39, 0.29) is 87.0 Å². The lowest BCUT2D eigenvalue weighted by atomic mass is 9.92. The number of methoxy groups -OCH3 is 2. The first-order chi connectivity index (χ1) is 25.5. The maximum absolute atomic E-state index is 13.0. The second-order valence-electron chi connectivity index (χ2n) is 12.9. The van der Waals surface area contributed by atoms with Crippen LogP contribution in [0.25, 0.3) is 11.3 Å². The molecule has 2 N–H and O–H groups in total. The van der Waals surface area contributed by atoms with Crippen LogP contribution in [-0.4, -0.2) is 96.9 Å². The monoisotopic (exact) mass is 731 g/mol. The summed E-state index contributed by atoms with van der Waals surface area (Å²) < 4.78 is 24.0. The van der Waals surface area contributed by atoms with Gasteiger partial charge in [-0.1, -0.05) is 6.07 Å². The van der Waals surface area contributed by atoms with Crippen molar-refractivity contribution in [3.05, 3.63) is 69.3 Å². The van der Waals surface area contributed by atoms with Gasteiger partial charge in [0.2, 0.25) is 5.91 Å². The normalized spacial score (nSPS) is 15.3. The number of ketones is 2. The molecule has 1 unspecified atom stereocenters. The van der Waals surface area contributed by atoms with Crippen molar-refractivity contribution in [1.29, 1.82) is 0 Å². The Kier molecular flexibility index (Phi) is 13.0. The van der Waals surface area contributed by atoms with Gasteiger partial charge in [0, 0.05) is 61.4 Å². The molecule has 1 fully saturated rings. The van der Waals surface area contributed by atoms with Crippen LogP contribution in [-0.2, 0) is 43.9 Å². The molecular weight excluding hydrogens is 686 g/mol. The Balaban J connectivity index is 0.975. The SMILES string of the molecule is COc1cc(-c2cn(C)c(=O)c(C)n2)cc(OC)c1CCCC(=O)NCCOCCNC(=O)COc1cccc2c1CN(C1CCC(=O)CC1=O)C2=O. The van der Waals surface area contributed by atoms with Gasteiger partial charge in [0.15, 0.2) is 12.4 Å². The van der Waals surface area contributed by atoms with Gasteiger partial charge in [-0.2, -0.15) is 0 Å². The summed E-state index contributed by atoms with van der Waals surface area (Å²) in [7, 11) is 4.80. The maximum Gasteiger partial charge on any atom is 0.271 e. The molecule has 0 radical (unpaired) electrons. The van der Waals surface area contributed by atoms with Crippen molar-refractivity contribution in [3.63, 3.8) is 0 Å². The number of carbonyl (C=O) groups is 5. The summed E-state index contributed by atoms with van der Waals surface area (Å²) in [6.45, 7) is 2.60. The molecule has 1 aliphatic carbocycles. The van der Waals surface area contributed by atoms with Crippen LogP contribution in [0, 0.1) is 6.92 Å². The third-order valence-corrected chi connectivity index (χ3v) is 9.23. The van der Waals surface area contributed by atoms with Crippen LogP contribution in [0.5, 0.6) is 17.2 Å². The summed E-state index contributed by atoms with van der Waals surface area (Å²) in [5, 5.41) is 5.54. The van der Waals surface area contributed by atoms with Crippen molar-refractivity contribution < 1.29 is 42.9 Å². The number of carbonyl (C=O) groups excluding carboxylic acids is 5. The standard InChI is InChI=1S/C38H45N5O10/c1-23-37(48)42(2)21-29(41-23)24-17-33(50-3)27(34(18-24)51-4)8-6-10-35(46)39-13-15-52-16-14-40-36(47)22-53-32-9-5-7-26-28(32)20-43(38(26)49)30-12-11-25(44)19-31(30)45/h5,7,9,17-18,21,30H,6,8,10-16,19-20,22H2,1-4H3,(H,39,46)(H,40,47). The topological polar surface area (TPSA) is 184 Å². The number of Topliss-reactive ketones (excluding diaryl/α,β-unsaturated/α-hetero) is 2. The number of fused-ring (bicyclic) bond motifs is 1. The van der Waals surface area contributed by atoms with E-state index in [2.05, 4.69) is 15.6 Å². The fourth-order valence-electron chi connectivity index (χ4n) is 6.51. The predicted octanol–water partition coefficient (Wildman–Crippen LogP) is 2.07. The number of nitrogens with one attached hydrogen (secondary N) is 2. The number of aromatic nitrogens is 2. The molecule has 0 saturated heterocycles. The molecule has 1 aromatic heterocycles. The highest BCUT2D eigenvalue weighted by atomic mass is 16.5. The van der Waals surface area contributed by atoms with Crippen LogP contribution in [0.3, 0.4) is 0 Å². The maximum atomic E-state index is 13.0. The Morgan fingerprint density at radius 3 is 2.32 bits per heavy atom. The number of hydrogen-bond donors (Lipinski definition) is 2. The highest BCUT2D eigenvalue weighted by Gasteiger charge is 2.40. The number of ether oxygens (including phenoxy) is 4. The van der Waals surface area contributed by atoms with Gasteiger partial charge in [-0.3, -0.25) is 28.8 Å². The fraction of sp³-hybridized carbons (Fsp3) is 0.447. The van der Waals surface area contributed by atoms with Gasteiger partial charge in [-0.15, -0.1) is 0 Å². The molecule has 2 aliphatic rings. The highest BCUT2D eigenvalue weighted by molar-refractivity contribution is 6.07. The molecular formula is C38H45N5O10. The van der Waals surface area contributed by atoms with Gasteiger partial charge < -0.3 is 39.0 Å². The highest BCUT2D eigenvalue weighted by Crippen LogP contribution is 2.36. The second-order valence-corrected chi connectivity index (χ2v) is 12.9. The first kappa shape index (κ1) is 38.7. The number of hydrogen-bond acceptors (Lipinski definition) is 11. The third-order valence-electron chi connectivity index (χ3n) is 9.23. The van der Waals surface area contributed by atoms with Crippen LogP contribution in [0.4, 0.5) is 0 Å². The summed E-state index contributed by atoms with van der Waals surface area (Å²) in [6, 6.07) is 8.06. The molecule has 15 heteroatoms. The average molecular weight is 732 g/mol. The number of nitrogens with zero attached hydrogens (tertiary/aromatic N) is 3. The third kappa shape index (κ3) is 9.46. The molecule has 0 spiro atoms. The Bertz CT molecular complexity index is 1890. The van der Waals surface area contributed by atoms with Crippen LogP contribution < -0.4 is 30.4 Å². The molecule has 1 aliphatic heterocycles. The van der Waals surface area contributed by atoms with Gasteiger partial charge >= 0.3 is 0 Å². The fourth-order valence-corrected chi connectivity index (χ4v) is 6.51. The molecule has 3 amide bonds. The molecule has 5 rings (SSSR count). The predicted molar refractivity (Wildman–Crippen MR) is 192 cm³/mol. The van der Waals surface area contributed by atoms with Gasteiger partial charge in [0.1, 0.15) is 28.7 Å². The van der Waals surface area contributed by atoms with Gasteiger partial charge in [0.25, 0.3) is 17.4 Å². The molecule has 3 aromatic rings. The minimum absolute atomic E-state index is 0.109. The van der Waals surface area contributed by atoms with Gasteiger partial charge in [0.05, 0.1) is 52.1 Å². The van der Waals surface area contributed by atoms with E-state index in [9.17, 15) is 28.8 Å². The van der Waals surface area contributed by atoms with Crippen molar-refractivity contribution in [2.24, 2.45) is 7.05 Å². The molecule has 2 heterocycles. The molecule has 53 heavy (non-hydrogen) atoms. The Morgan fingerprint density at radius 1 is 0.962 bits per heavy atom. The molecule has 0 bridgehead atoms.